The fraction of sp³-hybridized carbons (Fsp3) is 0.750. The van der Waals surface area contributed by atoms with E-state index in [0.717, 1.165) is 12.2 Å². The number of hydrogen-bond donors (Lipinski definition) is 0. The van der Waals surface area contributed by atoms with Gasteiger partial charge >= 0.3 is 0 Å². The van der Waals surface area contributed by atoms with E-state index < -0.39 is 0 Å². The van der Waals surface area contributed by atoms with Gasteiger partial charge < -0.3 is 0 Å². The molecule has 3 nitrogen and oxygen atoms in total. The van der Waals surface area contributed by atoms with Crippen molar-refractivity contribution in [2.45, 2.75) is 32.7 Å². The molecule has 11 heavy (non-hydrogen) atoms. The average molecular weight is 151 g/mol. The van der Waals surface area contributed by atoms with Crippen molar-refractivity contribution in [1.82, 2.24) is 14.8 Å². The molecule has 1 aromatic rings. The summed E-state index contributed by atoms with van der Waals surface area (Å²) in [5.74, 6) is 1.83. The lowest BCUT2D eigenvalue weighted by molar-refractivity contribution is 0.363. The Balaban J connectivity index is 2.31. The highest BCUT2D eigenvalue weighted by atomic mass is 15.4. The Hall–Kier alpha value is -0.860. The van der Waals surface area contributed by atoms with E-state index in [4.69, 9.17) is 0 Å². The number of fused-ring (bicyclic) bond motifs is 1. The maximum atomic E-state index is 4.20. The molecule has 3 heteroatoms. The van der Waals surface area contributed by atoms with Crippen molar-refractivity contribution < 1.29 is 0 Å². The molecule has 1 aliphatic heterocycles. The van der Waals surface area contributed by atoms with Crippen LogP contribution in [-0.2, 0) is 6.42 Å². The van der Waals surface area contributed by atoms with Crippen LogP contribution < -0.4 is 0 Å². The first-order chi connectivity index (χ1) is 5.29. The van der Waals surface area contributed by atoms with E-state index >= 15 is 0 Å². The van der Waals surface area contributed by atoms with Gasteiger partial charge in [0.25, 0.3) is 0 Å². The number of hydrogen-bond acceptors (Lipinski definition) is 2. The zero-order valence-corrected chi connectivity index (χ0v) is 6.99. The Bertz CT molecular complexity index is 252. The molecule has 0 radical (unpaired) electrons. The molecule has 0 saturated heterocycles. The van der Waals surface area contributed by atoms with Crippen LogP contribution in [0.3, 0.4) is 0 Å². The van der Waals surface area contributed by atoms with Gasteiger partial charge in [0, 0.05) is 6.42 Å². The Morgan fingerprint density at radius 3 is 3.18 bits per heavy atom. The number of aromatic nitrogens is 3. The second-order valence-corrected chi connectivity index (χ2v) is 3.47. The van der Waals surface area contributed by atoms with Crippen molar-refractivity contribution in [3.8, 4) is 0 Å². The first-order valence-electron chi connectivity index (χ1n) is 4.17. The lowest BCUT2D eigenvalue weighted by Crippen LogP contribution is -2.11. The van der Waals surface area contributed by atoms with Crippen LogP contribution in [0.2, 0.25) is 0 Å². The maximum absolute atomic E-state index is 4.20. The second-order valence-electron chi connectivity index (χ2n) is 3.47. The number of nitrogens with zero attached hydrogens (tertiary/aromatic N) is 3. The molecule has 1 atom stereocenters. The van der Waals surface area contributed by atoms with Crippen molar-refractivity contribution in [3.05, 3.63) is 12.2 Å². The lowest BCUT2D eigenvalue weighted by atomic mass is 10.0. The van der Waals surface area contributed by atoms with Gasteiger partial charge in [-0.3, -0.25) is 0 Å². The molecule has 0 bridgehead atoms. The molecule has 0 saturated carbocycles. The Labute approximate surface area is 66.4 Å². The van der Waals surface area contributed by atoms with Gasteiger partial charge in [0.1, 0.15) is 12.2 Å². The average Bonchev–Trinajstić information content (AvgIpc) is 2.41. The van der Waals surface area contributed by atoms with Gasteiger partial charge in [0.15, 0.2) is 0 Å². The largest absolute Gasteiger partial charge is 0.247 e. The van der Waals surface area contributed by atoms with Gasteiger partial charge in [0.05, 0.1) is 6.04 Å². The van der Waals surface area contributed by atoms with E-state index in [1.165, 1.54) is 6.42 Å². The summed E-state index contributed by atoms with van der Waals surface area (Å²) in [7, 11) is 0. The summed E-state index contributed by atoms with van der Waals surface area (Å²) >= 11 is 0. The van der Waals surface area contributed by atoms with Gasteiger partial charge in [-0.2, -0.15) is 5.10 Å². The smallest absolute Gasteiger partial charge is 0.138 e. The van der Waals surface area contributed by atoms with Crippen molar-refractivity contribution >= 4 is 0 Å². The van der Waals surface area contributed by atoms with Crippen molar-refractivity contribution in [1.29, 1.82) is 0 Å². The van der Waals surface area contributed by atoms with Gasteiger partial charge in [-0.25, -0.2) is 9.67 Å². The van der Waals surface area contributed by atoms with Crippen LogP contribution >= 0.6 is 0 Å². The highest BCUT2D eigenvalue weighted by Crippen LogP contribution is 2.28. The monoisotopic (exact) mass is 151 g/mol. The summed E-state index contributed by atoms with van der Waals surface area (Å²) in [6.07, 6.45) is 3.97. The van der Waals surface area contributed by atoms with E-state index in [2.05, 4.69) is 28.6 Å². The fourth-order valence-corrected chi connectivity index (χ4v) is 1.75. The van der Waals surface area contributed by atoms with Crippen LogP contribution in [0.1, 0.15) is 32.1 Å². The summed E-state index contributed by atoms with van der Waals surface area (Å²) < 4.78 is 2.07. The first kappa shape index (κ1) is 6.83. The molecular formula is C8H13N3. The summed E-state index contributed by atoms with van der Waals surface area (Å²) in [6, 6.07) is 0.590. The van der Waals surface area contributed by atoms with Crippen LogP contribution in [0.25, 0.3) is 0 Å². The Morgan fingerprint density at radius 2 is 2.45 bits per heavy atom. The van der Waals surface area contributed by atoms with E-state index in [0.29, 0.717) is 12.0 Å². The molecule has 1 unspecified atom stereocenters. The first-order valence-corrected chi connectivity index (χ1v) is 4.17. The van der Waals surface area contributed by atoms with Crippen molar-refractivity contribution in [2.24, 2.45) is 5.92 Å². The van der Waals surface area contributed by atoms with Crippen molar-refractivity contribution in [2.75, 3.05) is 0 Å². The standard InChI is InChI=1S/C8H13N3/c1-6(2)7-3-4-8-9-5-10-11(7)8/h5-7H,3-4H2,1-2H3. The predicted molar refractivity (Wildman–Crippen MR) is 42.2 cm³/mol. The number of rotatable bonds is 1. The molecule has 2 rings (SSSR count). The molecule has 1 aromatic heterocycles. The van der Waals surface area contributed by atoms with Crippen LogP contribution in [0.15, 0.2) is 6.33 Å². The normalized spacial score (nSPS) is 22.6. The van der Waals surface area contributed by atoms with Crippen LogP contribution in [-0.4, -0.2) is 14.8 Å². The van der Waals surface area contributed by atoms with Crippen LogP contribution in [0.5, 0.6) is 0 Å². The quantitative estimate of drug-likeness (QED) is 0.607. The minimum absolute atomic E-state index is 0.590. The van der Waals surface area contributed by atoms with Crippen molar-refractivity contribution in [3.63, 3.8) is 0 Å². The third kappa shape index (κ3) is 0.951. The third-order valence-electron chi connectivity index (χ3n) is 2.39. The van der Waals surface area contributed by atoms with E-state index in [9.17, 15) is 0 Å². The van der Waals surface area contributed by atoms with Gasteiger partial charge in [-0.05, 0) is 12.3 Å². The topological polar surface area (TPSA) is 30.7 Å². The predicted octanol–water partition coefficient (Wildman–Crippen LogP) is 1.42. The molecule has 0 fully saturated rings. The van der Waals surface area contributed by atoms with E-state index in [1.54, 1.807) is 6.33 Å². The maximum Gasteiger partial charge on any atom is 0.138 e. The van der Waals surface area contributed by atoms with E-state index in [1.807, 2.05) is 0 Å². The summed E-state index contributed by atoms with van der Waals surface area (Å²) in [6.45, 7) is 4.48. The molecule has 60 valence electrons. The zero-order chi connectivity index (χ0) is 7.84. The Kier molecular flexibility index (Phi) is 1.44. The highest BCUT2D eigenvalue weighted by molar-refractivity contribution is 4.95. The molecule has 0 spiro atoms. The summed E-state index contributed by atoms with van der Waals surface area (Å²) in [4.78, 5) is 4.18. The molecular weight excluding hydrogens is 138 g/mol. The van der Waals surface area contributed by atoms with Gasteiger partial charge in [-0.15, -0.1) is 0 Å². The highest BCUT2D eigenvalue weighted by Gasteiger charge is 2.25. The molecule has 0 N–H and O–H groups in total. The third-order valence-corrected chi connectivity index (χ3v) is 2.39. The van der Waals surface area contributed by atoms with Crippen LogP contribution in [0.4, 0.5) is 0 Å². The molecule has 1 aliphatic rings. The SMILES string of the molecule is CC(C)C1CCc2ncnn21. The molecule has 2 heterocycles. The fourth-order valence-electron chi connectivity index (χ4n) is 1.75. The number of aryl methyl sites for hydroxylation is 1. The minimum Gasteiger partial charge on any atom is -0.247 e. The van der Waals surface area contributed by atoms with Crippen LogP contribution in [0, 0.1) is 5.92 Å². The van der Waals surface area contributed by atoms with Gasteiger partial charge in [0.2, 0.25) is 0 Å². The lowest BCUT2D eigenvalue weighted by Gasteiger charge is -2.14. The molecule has 0 amide bonds. The van der Waals surface area contributed by atoms with E-state index in [-0.39, 0.29) is 0 Å². The Morgan fingerprint density at radius 1 is 1.64 bits per heavy atom. The summed E-state index contributed by atoms with van der Waals surface area (Å²) in [5.41, 5.74) is 0. The van der Waals surface area contributed by atoms with Gasteiger partial charge in [-0.1, -0.05) is 13.8 Å². The summed E-state index contributed by atoms with van der Waals surface area (Å²) in [5, 5.41) is 4.20. The second kappa shape index (κ2) is 2.32. The molecule has 0 aromatic carbocycles. The zero-order valence-electron chi connectivity index (χ0n) is 6.99. The minimum atomic E-state index is 0.590. The molecule has 0 aliphatic carbocycles.